The van der Waals surface area contributed by atoms with Gasteiger partial charge in [-0.15, -0.1) is 0 Å². The van der Waals surface area contributed by atoms with Crippen molar-refractivity contribution < 1.29 is 4.42 Å². The van der Waals surface area contributed by atoms with Crippen molar-refractivity contribution in [3.8, 4) is 0 Å². The van der Waals surface area contributed by atoms with Crippen LogP contribution in [0.3, 0.4) is 0 Å². The highest BCUT2D eigenvalue weighted by Gasteiger charge is 2.15. The molecule has 2 N–H and O–H groups in total. The molecule has 15 heavy (non-hydrogen) atoms. The maximum Gasteiger partial charge on any atom is 0.199 e. The highest BCUT2D eigenvalue weighted by atomic mass is 16.3. The van der Waals surface area contributed by atoms with E-state index in [0.29, 0.717) is 6.54 Å². The molecule has 0 bridgehead atoms. The van der Waals surface area contributed by atoms with Crippen molar-refractivity contribution in [2.45, 2.75) is 25.7 Å². The van der Waals surface area contributed by atoms with E-state index in [0.717, 1.165) is 29.8 Å². The van der Waals surface area contributed by atoms with Gasteiger partial charge in [0.1, 0.15) is 5.52 Å². The summed E-state index contributed by atoms with van der Waals surface area (Å²) < 4.78 is 5.68. The molecule has 0 aliphatic heterocycles. The Bertz CT molecular complexity index is 403. The SMILES string of the molecule is CCC[C@@H](CN)c1nc2ccccc2o1. The first-order valence-electron chi connectivity index (χ1n) is 5.40. The number of rotatable bonds is 4. The van der Waals surface area contributed by atoms with Crippen LogP contribution in [-0.4, -0.2) is 11.5 Å². The minimum absolute atomic E-state index is 0.252. The Kier molecular flexibility index (Phi) is 3.02. The van der Waals surface area contributed by atoms with Gasteiger partial charge in [-0.2, -0.15) is 0 Å². The van der Waals surface area contributed by atoms with Crippen molar-refractivity contribution in [2.75, 3.05) is 6.54 Å². The van der Waals surface area contributed by atoms with Gasteiger partial charge in [0.2, 0.25) is 0 Å². The van der Waals surface area contributed by atoms with Crippen LogP contribution in [0.2, 0.25) is 0 Å². The topological polar surface area (TPSA) is 52.0 Å². The molecule has 0 aliphatic rings. The first kappa shape index (κ1) is 10.2. The van der Waals surface area contributed by atoms with E-state index in [2.05, 4.69) is 11.9 Å². The third-order valence-electron chi connectivity index (χ3n) is 2.58. The summed E-state index contributed by atoms with van der Waals surface area (Å²) in [6.07, 6.45) is 2.13. The second-order valence-corrected chi connectivity index (χ2v) is 3.74. The molecule has 0 saturated carbocycles. The lowest BCUT2D eigenvalue weighted by Crippen LogP contribution is -2.12. The van der Waals surface area contributed by atoms with Gasteiger partial charge in [0.05, 0.1) is 0 Å². The number of nitrogens with zero attached hydrogens (tertiary/aromatic N) is 1. The lowest BCUT2D eigenvalue weighted by molar-refractivity contribution is 0.453. The van der Waals surface area contributed by atoms with Crippen molar-refractivity contribution in [1.82, 2.24) is 4.98 Å². The van der Waals surface area contributed by atoms with Crippen LogP contribution >= 0.6 is 0 Å². The van der Waals surface area contributed by atoms with E-state index < -0.39 is 0 Å². The molecule has 3 heteroatoms. The quantitative estimate of drug-likeness (QED) is 0.833. The van der Waals surface area contributed by atoms with Crippen LogP contribution in [0, 0.1) is 0 Å². The van der Waals surface area contributed by atoms with E-state index in [1.807, 2.05) is 24.3 Å². The lowest BCUT2D eigenvalue weighted by Gasteiger charge is -2.07. The van der Waals surface area contributed by atoms with Crippen molar-refractivity contribution in [3.05, 3.63) is 30.2 Å². The number of benzene rings is 1. The largest absolute Gasteiger partial charge is 0.440 e. The third kappa shape index (κ3) is 2.02. The fourth-order valence-corrected chi connectivity index (χ4v) is 1.76. The molecule has 1 heterocycles. The van der Waals surface area contributed by atoms with Gasteiger partial charge in [0.25, 0.3) is 0 Å². The summed E-state index contributed by atoms with van der Waals surface area (Å²) >= 11 is 0. The van der Waals surface area contributed by atoms with Gasteiger partial charge in [-0.3, -0.25) is 0 Å². The van der Waals surface area contributed by atoms with Gasteiger partial charge >= 0.3 is 0 Å². The lowest BCUT2D eigenvalue weighted by atomic mass is 10.0. The summed E-state index contributed by atoms with van der Waals surface area (Å²) in [5, 5.41) is 0. The van der Waals surface area contributed by atoms with Crippen LogP contribution < -0.4 is 5.73 Å². The highest BCUT2D eigenvalue weighted by molar-refractivity contribution is 5.72. The van der Waals surface area contributed by atoms with E-state index in [1.165, 1.54) is 0 Å². The second kappa shape index (κ2) is 4.45. The van der Waals surface area contributed by atoms with Gasteiger partial charge in [-0.25, -0.2) is 4.98 Å². The Morgan fingerprint density at radius 3 is 2.87 bits per heavy atom. The van der Waals surface area contributed by atoms with E-state index >= 15 is 0 Å². The Labute approximate surface area is 89.3 Å². The van der Waals surface area contributed by atoms with Crippen molar-refractivity contribution >= 4 is 11.1 Å². The van der Waals surface area contributed by atoms with Crippen LogP contribution in [0.1, 0.15) is 31.6 Å². The average molecular weight is 204 g/mol. The number of oxazole rings is 1. The summed E-state index contributed by atoms with van der Waals surface area (Å²) in [6.45, 7) is 2.74. The maximum atomic E-state index is 5.71. The number of nitrogens with two attached hydrogens (primary N) is 1. The van der Waals surface area contributed by atoms with Gasteiger partial charge in [0, 0.05) is 12.5 Å². The summed E-state index contributed by atoms with van der Waals surface area (Å²) in [6, 6.07) is 7.81. The van der Waals surface area contributed by atoms with Crippen LogP contribution in [0.5, 0.6) is 0 Å². The molecule has 0 radical (unpaired) electrons. The summed E-state index contributed by atoms with van der Waals surface area (Å²) in [5.41, 5.74) is 7.48. The molecule has 0 saturated heterocycles. The fourth-order valence-electron chi connectivity index (χ4n) is 1.76. The Morgan fingerprint density at radius 2 is 2.20 bits per heavy atom. The first-order chi connectivity index (χ1) is 7.35. The van der Waals surface area contributed by atoms with Crippen molar-refractivity contribution in [1.29, 1.82) is 0 Å². The van der Waals surface area contributed by atoms with Gasteiger partial charge < -0.3 is 10.2 Å². The van der Waals surface area contributed by atoms with Gasteiger partial charge in [-0.05, 0) is 18.6 Å². The molecule has 2 aromatic rings. The van der Waals surface area contributed by atoms with Crippen LogP contribution in [0.25, 0.3) is 11.1 Å². The molecule has 2 rings (SSSR count). The maximum absolute atomic E-state index is 5.71. The minimum Gasteiger partial charge on any atom is -0.440 e. The van der Waals surface area contributed by atoms with Gasteiger partial charge in [-0.1, -0.05) is 25.5 Å². The smallest absolute Gasteiger partial charge is 0.199 e. The van der Waals surface area contributed by atoms with E-state index in [4.69, 9.17) is 10.2 Å². The summed E-state index contributed by atoms with van der Waals surface area (Å²) in [7, 11) is 0. The first-order valence-corrected chi connectivity index (χ1v) is 5.40. The van der Waals surface area contributed by atoms with Crippen LogP contribution in [0.15, 0.2) is 28.7 Å². The molecular formula is C12H16N2O. The monoisotopic (exact) mass is 204 g/mol. The second-order valence-electron chi connectivity index (χ2n) is 3.74. The molecule has 0 unspecified atom stereocenters. The van der Waals surface area contributed by atoms with Gasteiger partial charge in [0.15, 0.2) is 11.5 Å². The molecule has 1 aromatic heterocycles. The van der Waals surface area contributed by atoms with E-state index in [9.17, 15) is 0 Å². The number of para-hydroxylation sites is 2. The number of hydrogen-bond donors (Lipinski definition) is 1. The Hall–Kier alpha value is -1.35. The van der Waals surface area contributed by atoms with Crippen LogP contribution in [0.4, 0.5) is 0 Å². The Morgan fingerprint density at radius 1 is 1.40 bits per heavy atom. The number of fused-ring (bicyclic) bond motifs is 1. The molecule has 0 spiro atoms. The molecule has 3 nitrogen and oxygen atoms in total. The average Bonchev–Trinajstić information content (AvgIpc) is 2.69. The molecule has 0 amide bonds. The molecule has 1 atom stereocenters. The molecule has 1 aromatic carbocycles. The zero-order chi connectivity index (χ0) is 10.7. The molecular weight excluding hydrogens is 188 g/mol. The summed E-state index contributed by atoms with van der Waals surface area (Å²) in [5.74, 6) is 1.03. The predicted molar refractivity (Wildman–Crippen MR) is 60.7 cm³/mol. The standard InChI is InChI=1S/C12H16N2O/c1-2-5-9(8-13)12-14-10-6-3-4-7-11(10)15-12/h3-4,6-7,9H,2,5,8,13H2,1H3/t9-/m0/s1. The van der Waals surface area contributed by atoms with Crippen molar-refractivity contribution in [2.24, 2.45) is 5.73 Å². The fraction of sp³-hybridized carbons (Fsp3) is 0.417. The minimum atomic E-state index is 0.252. The highest BCUT2D eigenvalue weighted by Crippen LogP contribution is 2.23. The van der Waals surface area contributed by atoms with E-state index in [1.54, 1.807) is 0 Å². The van der Waals surface area contributed by atoms with Crippen molar-refractivity contribution in [3.63, 3.8) is 0 Å². The molecule has 0 fully saturated rings. The molecule has 80 valence electrons. The number of aromatic nitrogens is 1. The predicted octanol–water partition coefficient (Wildman–Crippen LogP) is 2.67. The third-order valence-corrected chi connectivity index (χ3v) is 2.58. The van der Waals surface area contributed by atoms with Crippen LogP contribution in [-0.2, 0) is 0 Å². The normalized spacial score (nSPS) is 13.2. The van der Waals surface area contributed by atoms with E-state index in [-0.39, 0.29) is 5.92 Å². The number of hydrogen-bond acceptors (Lipinski definition) is 3. The zero-order valence-electron chi connectivity index (χ0n) is 8.94. The summed E-state index contributed by atoms with van der Waals surface area (Å²) in [4.78, 5) is 4.46. The molecule has 0 aliphatic carbocycles. The Balaban J connectivity index is 2.34. The zero-order valence-corrected chi connectivity index (χ0v) is 8.94.